The van der Waals surface area contributed by atoms with Gasteiger partial charge in [-0.2, -0.15) is 0 Å². The normalized spacial score (nSPS) is 25.8. The highest BCUT2D eigenvalue weighted by Crippen LogP contribution is 2.34. The van der Waals surface area contributed by atoms with Crippen molar-refractivity contribution in [2.45, 2.75) is 38.4 Å². The molecule has 1 heterocycles. The summed E-state index contributed by atoms with van der Waals surface area (Å²) in [5.41, 5.74) is 7.13. The molecular formula is C13H18BrFN2. The van der Waals surface area contributed by atoms with Gasteiger partial charge in [-0.25, -0.2) is 4.39 Å². The summed E-state index contributed by atoms with van der Waals surface area (Å²) in [5, 5.41) is 0. The Morgan fingerprint density at radius 1 is 1.47 bits per heavy atom. The lowest BCUT2D eigenvalue weighted by Crippen LogP contribution is -2.35. The van der Waals surface area contributed by atoms with Gasteiger partial charge in [0.25, 0.3) is 0 Å². The van der Waals surface area contributed by atoms with Crippen molar-refractivity contribution in [3.63, 3.8) is 0 Å². The van der Waals surface area contributed by atoms with Crippen LogP contribution in [0.3, 0.4) is 0 Å². The van der Waals surface area contributed by atoms with E-state index < -0.39 is 0 Å². The summed E-state index contributed by atoms with van der Waals surface area (Å²) in [4.78, 5) is 2.34. The minimum atomic E-state index is -0.217. The van der Waals surface area contributed by atoms with Crippen molar-refractivity contribution < 1.29 is 4.39 Å². The molecule has 94 valence electrons. The quantitative estimate of drug-likeness (QED) is 0.909. The fourth-order valence-corrected chi connectivity index (χ4v) is 2.80. The second kappa shape index (κ2) is 5.04. The first-order valence-corrected chi connectivity index (χ1v) is 6.76. The highest BCUT2D eigenvalue weighted by molar-refractivity contribution is 9.10. The fraction of sp³-hybridized carbons (Fsp3) is 0.538. The molecule has 1 aliphatic rings. The van der Waals surface area contributed by atoms with Crippen LogP contribution in [0.4, 0.5) is 4.39 Å². The number of hydrogen-bond acceptors (Lipinski definition) is 2. The van der Waals surface area contributed by atoms with Gasteiger partial charge in [-0.3, -0.25) is 4.90 Å². The lowest BCUT2D eigenvalue weighted by atomic mass is 10.00. The molecule has 2 nitrogen and oxygen atoms in total. The Bertz CT molecular complexity index is 408. The van der Waals surface area contributed by atoms with Crippen molar-refractivity contribution in [3.05, 3.63) is 34.1 Å². The lowest BCUT2D eigenvalue weighted by molar-refractivity contribution is 0.198. The zero-order chi connectivity index (χ0) is 12.6. The molecule has 0 saturated carbocycles. The van der Waals surface area contributed by atoms with Crippen molar-refractivity contribution in [3.8, 4) is 0 Å². The van der Waals surface area contributed by atoms with Crippen molar-refractivity contribution >= 4 is 15.9 Å². The molecule has 1 aromatic carbocycles. The van der Waals surface area contributed by atoms with E-state index in [0.717, 1.165) is 18.5 Å². The third-order valence-corrected chi connectivity index (χ3v) is 4.08. The molecule has 0 spiro atoms. The molecule has 1 aliphatic heterocycles. The first-order valence-electron chi connectivity index (χ1n) is 5.97. The first-order chi connectivity index (χ1) is 8.00. The Morgan fingerprint density at radius 2 is 2.18 bits per heavy atom. The molecule has 0 radical (unpaired) electrons. The third kappa shape index (κ3) is 2.54. The summed E-state index contributed by atoms with van der Waals surface area (Å²) < 4.78 is 14.1. The summed E-state index contributed by atoms with van der Waals surface area (Å²) in [6.07, 6.45) is 0.973. The Kier molecular flexibility index (Phi) is 3.85. The number of likely N-dealkylation sites (tertiary alicyclic amines) is 1. The predicted octanol–water partition coefficient (Wildman–Crippen LogP) is 3.07. The summed E-state index contributed by atoms with van der Waals surface area (Å²) in [5.74, 6) is -0.217. The molecule has 1 saturated heterocycles. The molecule has 0 aromatic heterocycles. The minimum Gasteiger partial charge on any atom is -0.326 e. The molecule has 1 fully saturated rings. The van der Waals surface area contributed by atoms with E-state index in [0.29, 0.717) is 10.5 Å². The SMILES string of the molecule is CC(C)N1CCC(N)C1c1ccc(Br)c(F)c1. The second-order valence-electron chi connectivity index (χ2n) is 4.90. The molecule has 0 amide bonds. The first kappa shape index (κ1) is 13.0. The highest BCUT2D eigenvalue weighted by Gasteiger charge is 2.34. The van der Waals surface area contributed by atoms with Crippen molar-refractivity contribution in [2.75, 3.05) is 6.54 Å². The van der Waals surface area contributed by atoms with Gasteiger partial charge in [0, 0.05) is 18.6 Å². The van der Waals surface area contributed by atoms with Gasteiger partial charge in [0.2, 0.25) is 0 Å². The monoisotopic (exact) mass is 300 g/mol. The van der Waals surface area contributed by atoms with Crippen LogP contribution in [0.1, 0.15) is 31.9 Å². The zero-order valence-electron chi connectivity index (χ0n) is 10.2. The maximum absolute atomic E-state index is 13.6. The van der Waals surface area contributed by atoms with E-state index in [-0.39, 0.29) is 17.9 Å². The number of halogens is 2. The van der Waals surface area contributed by atoms with Crippen molar-refractivity contribution in [2.24, 2.45) is 5.73 Å². The second-order valence-corrected chi connectivity index (χ2v) is 5.76. The van der Waals surface area contributed by atoms with E-state index in [4.69, 9.17) is 5.73 Å². The van der Waals surface area contributed by atoms with Crippen LogP contribution in [0.25, 0.3) is 0 Å². The fourth-order valence-electron chi connectivity index (χ4n) is 2.56. The van der Waals surface area contributed by atoms with Gasteiger partial charge in [0.15, 0.2) is 0 Å². The van der Waals surface area contributed by atoms with E-state index in [1.807, 2.05) is 6.07 Å². The molecule has 2 N–H and O–H groups in total. The number of hydrogen-bond donors (Lipinski definition) is 1. The van der Waals surface area contributed by atoms with Gasteiger partial charge in [-0.05, 0) is 53.9 Å². The molecule has 2 atom stereocenters. The Labute approximate surface area is 110 Å². The molecule has 2 unspecified atom stereocenters. The molecule has 0 aliphatic carbocycles. The van der Waals surface area contributed by atoms with E-state index >= 15 is 0 Å². The van der Waals surface area contributed by atoms with Crippen LogP contribution in [0, 0.1) is 5.82 Å². The Morgan fingerprint density at radius 3 is 2.76 bits per heavy atom. The topological polar surface area (TPSA) is 29.3 Å². The van der Waals surface area contributed by atoms with Crippen molar-refractivity contribution in [1.29, 1.82) is 0 Å². The van der Waals surface area contributed by atoms with Crippen molar-refractivity contribution in [1.82, 2.24) is 4.90 Å². The largest absolute Gasteiger partial charge is 0.326 e. The van der Waals surface area contributed by atoms with E-state index in [9.17, 15) is 4.39 Å². The molecule has 4 heteroatoms. The molecule has 1 aromatic rings. The van der Waals surface area contributed by atoms with Gasteiger partial charge in [-0.1, -0.05) is 6.07 Å². The average Bonchev–Trinajstić information content (AvgIpc) is 2.64. The van der Waals surface area contributed by atoms with Crippen LogP contribution in [0.5, 0.6) is 0 Å². The van der Waals surface area contributed by atoms with Crippen LogP contribution >= 0.6 is 15.9 Å². The number of nitrogens with two attached hydrogens (primary N) is 1. The maximum atomic E-state index is 13.6. The number of nitrogens with zero attached hydrogens (tertiary/aromatic N) is 1. The van der Waals surface area contributed by atoms with Crippen LogP contribution in [0.2, 0.25) is 0 Å². The maximum Gasteiger partial charge on any atom is 0.137 e. The van der Waals surface area contributed by atoms with Crippen LogP contribution < -0.4 is 5.73 Å². The minimum absolute atomic E-state index is 0.0953. The Hall–Kier alpha value is -0.450. The standard InChI is InChI=1S/C13H18BrFN2/c1-8(2)17-6-5-12(16)13(17)9-3-4-10(14)11(15)7-9/h3-4,7-8,12-13H,5-6,16H2,1-2H3. The number of benzene rings is 1. The summed E-state index contributed by atoms with van der Waals surface area (Å²) in [7, 11) is 0. The average molecular weight is 301 g/mol. The van der Waals surface area contributed by atoms with Crippen LogP contribution in [0.15, 0.2) is 22.7 Å². The summed E-state index contributed by atoms with van der Waals surface area (Å²) in [6, 6.07) is 5.97. The molecule has 0 bridgehead atoms. The Balaban J connectivity index is 2.33. The summed E-state index contributed by atoms with van der Waals surface area (Å²) in [6.45, 7) is 5.29. The lowest BCUT2D eigenvalue weighted by Gasteiger charge is -2.30. The molecular weight excluding hydrogens is 283 g/mol. The zero-order valence-corrected chi connectivity index (χ0v) is 11.7. The summed E-state index contributed by atoms with van der Waals surface area (Å²) >= 11 is 3.18. The van der Waals surface area contributed by atoms with Crippen LogP contribution in [-0.2, 0) is 0 Å². The van der Waals surface area contributed by atoms with Gasteiger partial charge in [-0.15, -0.1) is 0 Å². The van der Waals surface area contributed by atoms with E-state index in [1.165, 1.54) is 0 Å². The molecule has 17 heavy (non-hydrogen) atoms. The van der Waals surface area contributed by atoms with Gasteiger partial charge < -0.3 is 5.73 Å². The van der Waals surface area contributed by atoms with E-state index in [1.54, 1.807) is 12.1 Å². The van der Waals surface area contributed by atoms with E-state index in [2.05, 4.69) is 34.7 Å². The third-order valence-electron chi connectivity index (χ3n) is 3.43. The van der Waals surface area contributed by atoms with Gasteiger partial charge in [0.1, 0.15) is 5.82 Å². The smallest absolute Gasteiger partial charge is 0.137 e. The highest BCUT2D eigenvalue weighted by atomic mass is 79.9. The van der Waals surface area contributed by atoms with Gasteiger partial charge in [0.05, 0.1) is 10.5 Å². The predicted molar refractivity (Wildman–Crippen MR) is 71.3 cm³/mol. The van der Waals surface area contributed by atoms with Gasteiger partial charge >= 0.3 is 0 Å². The molecule has 2 rings (SSSR count). The van der Waals surface area contributed by atoms with Crippen LogP contribution in [-0.4, -0.2) is 23.5 Å². The number of rotatable bonds is 2.